The largest absolute Gasteiger partial charge is 0.402 e. The number of nitrogens with two attached hydrogens (primary N) is 1. The monoisotopic (exact) mass is 155 g/mol. The van der Waals surface area contributed by atoms with Crippen molar-refractivity contribution in [3.05, 3.63) is 11.8 Å². The Labute approximate surface area is 67.3 Å². The molecule has 0 aromatic rings. The zero-order valence-corrected chi connectivity index (χ0v) is 7.29. The van der Waals surface area contributed by atoms with Crippen LogP contribution < -0.4 is 5.73 Å². The molecule has 0 fully saturated rings. The van der Waals surface area contributed by atoms with E-state index in [4.69, 9.17) is 18.0 Å². The van der Waals surface area contributed by atoms with E-state index in [1.54, 1.807) is 0 Å². The van der Waals surface area contributed by atoms with Gasteiger partial charge in [-0.15, -0.1) is 0 Å². The molecule has 1 nitrogen and oxygen atoms in total. The van der Waals surface area contributed by atoms with E-state index in [0.29, 0.717) is 0 Å². The van der Waals surface area contributed by atoms with E-state index in [1.165, 1.54) is 0 Å². The van der Waals surface area contributed by atoms with Crippen molar-refractivity contribution in [2.45, 2.75) is 26.7 Å². The molecule has 0 heterocycles. The molecular weight excluding hydrogens is 142 g/mol. The van der Waals surface area contributed by atoms with Gasteiger partial charge >= 0.3 is 0 Å². The summed E-state index contributed by atoms with van der Waals surface area (Å²) in [4.78, 5) is 0.994. The van der Waals surface area contributed by atoms with Crippen LogP contribution in [0.1, 0.15) is 26.7 Å². The fourth-order valence-electron chi connectivity index (χ4n) is 1.40. The second kappa shape index (κ2) is 2.35. The Morgan fingerprint density at radius 1 is 1.50 bits per heavy atom. The number of allylic oxidation sites excluding steroid dienone is 2. The lowest BCUT2D eigenvalue weighted by Gasteiger charge is -2.28. The van der Waals surface area contributed by atoms with Crippen molar-refractivity contribution in [3.63, 3.8) is 0 Å². The average molecular weight is 155 g/mol. The first kappa shape index (κ1) is 7.73. The van der Waals surface area contributed by atoms with E-state index in [0.717, 1.165) is 23.4 Å². The van der Waals surface area contributed by atoms with Crippen LogP contribution in [0, 0.1) is 5.41 Å². The summed E-state index contributed by atoms with van der Waals surface area (Å²) in [7, 11) is 0. The maximum Gasteiger partial charge on any atom is 0.0174 e. The van der Waals surface area contributed by atoms with Gasteiger partial charge in [-0.25, -0.2) is 0 Å². The summed E-state index contributed by atoms with van der Waals surface area (Å²) in [5, 5.41) is 0. The van der Waals surface area contributed by atoms with Crippen LogP contribution >= 0.6 is 12.2 Å². The normalized spacial score (nSPS) is 24.2. The van der Waals surface area contributed by atoms with Crippen LogP contribution in [0.25, 0.3) is 0 Å². The van der Waals surface area contributed by atoms with Crippen LogP contribution in [0.15, 0.2) is 11.8 Å². The Balaban J connectivity index is 2.80. The summed E-state index contributed by atoms with van der Waals surface area (Å²) in [5.74, 6) is 0. The molecule has 2 heteroatoms. The molecule has 1 aliphatic rings. The second-order valence-electron chi connectivity index (χ2n) is 3.70. The second-order valence-corrected chi connectivity index (χ2v) is 4.23. The highest BCUT2D eigenvalue weighted by Crippen LogP contribution is 2.31. The summed E-state index contributed by atoms with van der Waals surface area (Å²) in [6.07, 6.45) is 3.90. The molecule has 0 saturated heterocycles. The minimum Gasteiger partial charge on any atom is -0.402 e. The van der Waals surface area contributed by atoms with Crippen molar-refractivity contribution in [1.29, 1.82) is 0 Å². The summed E-state index contributed by atoms with van der Waals surface area (Å²) >= 11 is 5.08. The standard InChI is InChI=1S/C8H13NS/c1-8(2)4-6(9)3-7(10)5-8/h3H,4-5,9H2,1-2H3. The first-order valence-electron chi connectivity index (χ1n) is 3.48. The third-order valence-corrected chi connectivity index (χ3v) is 1.94. The predicted molar refractivity (Wildman–Crippen MR) is 47.9 cm³/mol. The van der Waals surface area contributed by atoms with Crippen molar-refractivity contribution in [3.8, 4) is 0 Å². The third-order valence-electron chi connectivity index (χ3n) is 1.68. The van der Waals surface area contributed by atoms with Gasteiger partial charge < -0.3 is 5.73 Å². The molecule has 1 rings (SSSR count). The van der Waals surface area contributed by atoms with Crippen LogP contribution in [0.4, 0.5) is 0 Å². The van der Waals surface area contributed by atoms with Crippen LogP contribution in [-0.2, 0) is 0 Å². The molecule has 0 aliphatic heterocycles. The Bertz CT molecular complexity index is 191. The molecule has 0 aromatic carbocycles. The fourth-order valence-corrected chi connectivity index (χ4v) is 1.94. The predicted octanol–water partition coefficient (Wildman–Crippen LogP) is 2.02. The lowest BCUT2D eigenvalue weighted by Crippen LogP contribution is -2.23. The quantitative estimate of drug-likeness (QED) is 0.542. The van der Waals surface area contributed by atoms with E-state index in [9.17, 15) is 0 Å². The van der Waals surface area contributed by atoms with Crippen LogP contribution in [0.2, 0.25) is 0 Å². The smallest absolute Gasteiger partial charge is 0.0174 e. The first-order valence-corrected chi connectivity index (χ1v) is 3.89. The van der Waals surface area contributed by atoms with E-state index in [-0.39, 0.29) is 5.41 Å². The molecule has 56 valence electrons. The Morgan fingerprint density at radius 2 is 2.10 bits per heavy atom. The van der Waals surface area contributed by atoms with Crippen LogP contribution in [-0.4, -0.2) is 4.86 Å². The SMILES string of the molecule is CC1(C)CC(=S)C=C(N)C1. The minimum absolute atomic E-state index is 0.288. The van der Waals surface area contributed by atoms with Crippen molar-refractivity contribution in [2.24, 2.45) is 11.1 Å². The topological polar surface area (TPSA) is 26.0 Å². The molecule has 0 aromatic heterocycles. The number of hydrogen-bond donors (Lipinski definition) is 1. The summed E-state index contributed by atoms with van der Waals surface area (Å²) in [6, 6.07) is 0. The molecule has 10 heavy (non-hydrogen) atoms. The Kier molecular flexibility index (Phi) is 1.82. The lowest BCUT2D eigenvalue weighted by molar-refractivity contribution is 0.374. The van der Waals surface area contributed by atoms with Gasteiger partial charge in [0.15, 0.2) is 0 Å². The van der Waals surface area contributed by atoms with E-state index >= 15 is 0 Å². The molecular formula is C8H13NS. The molecule has 0 atom stereocenters. The van der Waals surface area contributed by atoms with E-state index in [1.807, 2.05) is 6.08 Å². The summed E-state index contributed by atoms with van der Waals surface area (Å²) < 4.78 is 0. The molecule has 0 amide bonds. The van der Waals surface area contributed by atoms with Gasteiger partial charge in [-0.05, 0) is 24.3 Å². The van der Waals surface area contributed by atoms with Gasteiger partial charge in [0, 0.05) is 10.6 Å². The van der Waals surface area contributed by atoms with Crippen molar-refractivity contribution >= 4 is 17.1 Å². The maximum atomic E-state index is 5.67. The lowest BCUT2D eigenvalue weighted by atomic mass is 9.79. The van der Waals surface area contributed by atoms with Gasteiger partial charge in [0.2, 0.25) is 0 Å². The van der Waals surface area contributed by atoms with Gasteiger partial charge in [-0.1, -0.05) is 26.1 Å². The highest BCUT2D eigenvalue weighted by molar-refractivity contribution is 7.80. The molecule has 0 bridgehead atoms. The van der Waals surface area contributed by atoms with Crippen molar-refractivity contribution < 1.29 is 0 Å². The maximum absolute atomic E-state index is 5.67. The van der Waals surface area contributed by atoms with Crippen molar-refractivity contribution in [1.82, 2.24) is 0 Å². The third kappa shape index (κ3) is 1.81. The van der Waals surface area contributed by atoms with Crippen LogP contribution in [0.3, 0.4) is 0 Å². The first-order chi connectivity index (χ1) is 4.49. The molecule has 0 spiro atoms. The number of thiocarbonyl (C=S) groups is 1. The molecule has 0 saturated carbocycles. The molecule has 0 radical (unpaired) electrons. The molecule has 2 N–H and O–H groups in total. The fraction of sp³-hybridized carbons (Fsp3) is 0.625. The van der Waals surface area contributed by atoms with Gasteiger partial charge in [-0.2, -0.15) is 0 Å². The zero-order chi connectivity index (χ0) is 7.78. The van der Waals surface area contributed by atoms with Gasteiger partial charge in [0.05, 0.1) is 0 Å². The Morgan fingerprint density at radius 3 is 2.50 bits per heavy atom. The highest BCUT2D eigenvalue weighted by atomic mass is 32.1. The van der Waals surface area contributed by atoms with Crippen molar-refractivity contribution in [2.75, 3.05) is 0 Å². The molecule has 1 aliphatic carbocycles. The highest BCUT2D eigenvalue weighted by Gasteiger charge is 2.23. The van der Waals surface area contributed by atoms with Gasteiger partial charge in [0.25, 0.3) is 0 Å². The summed E-state index contributed by atoms with van der Waals surface area (Å²) in [6.45, 7) is 4.39. The van der Waals surface area contributed by atoms with Crippen LogP contribution in [0.5, 0.6) is 0 Å². The van der Waals surface area contributed by atoms with E-state index in [2.05, 4.69) is 13.8 Å². The Hall–Kier alpha value is -0.370. The summed E-state index contributed by atoms with van der Waals surface area (Å²) in [5.41, 5.74) is 6.89. The minimum atomic E-state index is 0.288. The van der Waals surface area contributed by atoms with Gasteiger partial charge in [0.1, 0.15) is 0 Å². The zero-order valence-electron chi connectivity index (χ0n) is 6.48. The number of hydrogen-bond acceptors (Lipinski definition) is 2. The van der Waals surface area contributed by atoms with E-state index < -0.39 is 0 Å². The number of rotatable bonds is 0. The molecule has 0 unspecified atom stereocenters. The average Bonchev–Trinajstić information content (AvgIpc) is 1.54. The van der Waals surface area contributed by atoms with Gasteiger partial charge in [-0.3, -0.25) is 0 Å².